The first-order valence-corrected chi connectivity index (χ1v) is 6.20. The van der Waals surface area contributed by atoms with Crippen molar-refractivity contribution in [3.05, 3.63) is 18.0 Å². The Morgan fingerprint density at radius 1 is 1.59 bits per heavy atom. The maximum atomic E-state index is 12.0. The van der Waals surface area contributed by atoms with Crippen LogP contribution in [-0.4, -0.2) is 46.3 Å². The number of nitrogens with one attached hydrogen (secondary N) is 1. The van der Waals surface area contributed by atoms with Crippen molar-refractivity contribution >= 4 is 5.91 Å². The Kier molecular flexibility index (Phi) is 3.78. The quantitative estimate of drug-likeness (QED) is 0.811. The van der Waals surface area contributed by atoms with Gasteiger partial charge in [-0.25, -0.2) is 0 Å². The number of aryl methyl sites for hydroxylation is 1. The molecule has 2 heterocycles. The molecule has 1 aliphatic rings. The summed E-state index contributed by atoms with van der Waals surface area (Å²) in [7, 11) is 1.91. The standard InChI is InChI=1S/C12H20N4O/c1-3-11-12(17)16(7-5-13-11)6-4-10-8-14-15(2)9-10/h8-9,11,13H,3-7H2,1-2H3. The number of rotatable bonds is 4. The molecule has 1 aromatic rings. The van der Waals surface area contributed by atoms with Crippen LogP contribution in [0.2, 0.25) is 0 Å². The molecule has 0 bridgehead atoms. The highest BCUT2D eigenvalue weighted by Crippen LogP contribution is 2.07. The largest absolute Gasteiger partial charge is 0.340 e. The Morgan fingerprint density at radius 2 is 2.41 bits per heavy atom. The van der Waals surface area contributed by atoms with Crippen LogP contribution in [0.25, 0.3) is 0 Å². The summed E-state index contributed by atoms with van der Waals surface area (Å²) < 4.78 is 1.80. The number of aromatic nitrogens is 2. The molecule has 0 spiro atoms. The van der Waals surface area contributed by atoms with Gasteiger partial charge in [0.05, 0.1) is 12.2 Å². The molecule has 2 rings (SSSR count). The molecular weight excluding hydrogens is 216 g/mol. The predicted molar refractivity (Wildman–Crippen MR) is 65.6 cm³/mol. The van der Waals surface area contributed by atoms with E-state index < -0.39 is 0 Å². The molecule has 1 fully saturated rings. The summed E-state index contributed by atoms with van der Waals surface area (Å²) in [6.45, 7) is 4.55. The van der Waals surface area contributed by atoms with Crippen LogP contribution in [0.4, 0.5) is 0 Å². The van der Waals surface area contributed by atoms with Gasteiger partial charge in [0, 0.05) is 32.9 Å². The zero-order chi connectivity index (χ0) is 12.3. The van der Waals surface area contributed by atoms with E-state index in [0.717, 1.165) is 32.5 Å². The van der Waals surface area contributed by atoms with Crippen LogP contribution in [0.1, 0.15) is 18.9 Å². The third-order valence-electron chi connectivity index (χ3n) is 3.22. The maximum absolute atomic E-state index is 12.0. The Bertz CT molecular complexity index is 388. The lowest BCUT2D eigenvalue weighted by atomic mass is 10.1. The number of carbonyl (C=O) groups excluding carboxylic acids is 1. The summed E-state index contributed by atoms with van der Waals surface area (Å²) >= 11 is 0. The molecule has 0 radical (unpaired) electrons. The lowest BCUT2D eigenvalue weighted by molar-refractivity contribution is -0.135. The topological polar surface area (TPSA) is 50.2 Å². The van der Waals surface area contributed by atoms with E-state index in [1.54, 1.807) is 4.68 Å². The first-order valence-electron chi connectivity index (χ1n) is 6.20. The lowest BCUT2D eigenvalue weighted by Gasteiger charge is -2.32. The minimum atomic E-state index is 0.0117. The van der Waals surface area contributed by atoms with Gasteiger partial charge in [-0.2, -0.15) is 5.10 Å². The second kappa shape index (κ2) is 5.31. The summed E-state index contributed by atoms with van der Waals surface area (Å²) in [5.41, 5.74) is 1.19. The summed E-state index contributed by atoms with van der Waals surface area (Å²) in [5.74, 6) is 0.239. The van der Waals surface area contributed by atoms with E-state index >= 15 is 0 Å². The predicted octanol–water partition coefficient (Wildman–Crippen LogP) is 0.173. The van der Waals surface area contributed by atoms with Gasteiger partial charge in [0.15, 0.2) is 0 Å². The van der Waals surface area contributed by atoms with Gasteiger partial charge in [-0.3, -0.25) is 9.48 Å². The van der Waals surface area contributed by atoms with Crippen molar-refractivity contribution in [2.45, 2.75) is 25.8 Å². The Morgan fingerprint density at radius 3 is 3.06 bits per heavy atom. The maximum Gasteiger partial charge on any atom is 0.239 e. The molecule has 1 amide bonds. The van der Waals surface area contributed by atoms with Crippen LogP contribution in [0, 0.1) is 0 Å². The van der Waals surface area contributed by atoms with E-state index in [-0.39, 0.29) is 11.9 Å². The van der Waals surface area contributed by atoms with E-state index in [0.29, 0.717) is 0 Å². The lowest BCUT2D eigenvalue weighted by Crippen LogP contribution is -2.55. The molecule has 0 aromatic carbocycles. The van der Waals surface area contributed by atoms with Crippen LogP contribution >= 0.6 is 0 Å². The highest BCUT2D eigenvalue weighted by molar-refractivity contribution is 5.82. The molecular formula is C12H20N4O. The first kappa shape index (κ1) is 12.1. The number of hydrogen-bond donors (Lipinski definition) is 1. The van der Waals surface area contributed by atoms with E-state index in [2.05, 4.69) is 10.4 Å². The van der Waals surface area contributed by atoms with Crippen molar-refractivity contribution in [2.24, 2.45) is 7.05 Å². The molecule has 1 saturated heterocycles. The second-order valence-corrected chi connectivity index (χ2v) is 4.51. The highest BCUT2D eigenvalue weighted by Gasteiger charge is 2.26. The summed E-state index contributed by atoms with van der Waals surface area (Å²) in [6, 6.07) is 0.0117. The molecule has 0 saturated carbocycles. The zero-order valence-electron chi connectivity index (χ0n) is 10.5. The zero-order valence-corrected chi connectivity index (χ0v) is 10.5. The normalized spacial score (nSPS) is 20.9. The van der Waals surface area contributed by atoms with E-state index in [4.69, 9.17) is 0 Å². The fraction of sp³-hybridized carbons (Fsp3) is 0.667. The van der Waals surface area contributed by atoms with Crippen molar-refractivity contribution in [2.75, 3.05) is 19.6 Å². The molecule has 1 N–H and O–H groups in total. The molecule has 5 heteroatoms. The average molecular weight is 236 g/mol. The van der Waals surface area contributed by atoms with E-state index in [1.807, 2.05) is 31.3 Å². The number of piperazine rings is 1. The molecule has 94 valence electrons. The number of amides is 1. The van der Waals surface area contributed by atoms with Crippen molar-refractivity contribution in [1.29, 1.82) is 0 Å². The van der Waals surface area contributed by atoms with E-state index in [9.17, 15) is 4.79 Å². The average Bonchev–Trinajstić information content (AvgIpc) is 2.74. The molecule has 1 unspecified atom stereocenters. The van der Waals surface area contributed by atoms with Crippen LogP contribution < -0.4 is 5.32 Å². The smallest absolute Gasteiger partial charge is 0.239 e. The van der Waals surface area contributed by atoms with Crippen molar-refractivity contribution < 1.29 is 4.79 Å². The highest BCUT2D eigenvalue weighted by atomic mass is 16.2. The Hall–Kier alpha value is -1.36. The third kappa shape index (κ3) is 2.85. The molecule has 17 heavy (non-hydrogen) atoms. The fourth-order valence-electron chi connectivity index (χ4n) is 2.20. The fourth-order valence-corrected chi connectivity index (χ4v) is 2.20. The van der Waals surface area contributed by atoms with Crippen LogP contribution in [-0.2, 0) is 18.3 Å². The monoisotopic (exact) mass is 236 g/mol. The Balaban J connectivity index is 1.88. The molecule has 1 aromatic heterocycles. The van der Waals surface area contributed by atoms with Gasteiger partial charge in [0.2, 0.25) is 5.91 Å². The van der Waals surface area contributed by atoms with Gasteiger partial charge in [-0.1, -0.05) is 6.92 Å². The summed E-state index contributed by atoms with van der Waals surface area (Å²) in [5, 5.41) is 7.37. The molecule has 5 nitrogen and oxygen atoms in total. The van der Waals surface area contributed by atoms with E-state index in [1.165, 1.54) is 5.56 Å². The Labute approximate surface area is 102 Å². The van der Waals surface area contributed by atoms with Gasteiger partial charge >= 0.3 is 0 Å². The van der Waals surface area contributed by atoms with Crippen LogP contribution in [0.5, 0.6) is 0 Å². The number of carbonyl (C=O) groups is 1. The van der Waals surface area contributed by atoms with Gasteiger partial charge in [0.25, 0.3) is 0 Å². The third-order valence-corrected chi connectivity index (χ3v) is 3.22. The SMILES string of the molecule is CCC1NCCN(CCc2cnn(C)c2)C1=O. The molecule has 0 aliphatic carbocycles. The van der Waals surface area contributed by atoms with Crippen molar-refractivity contribution in [1.82, 2.24) is 20.0 Å². The number of nitrogens with zero attached hydrogens (tertiary/aromatic N) is 3. The van der Waals surface area contributed by atoms with Crippen molar-refractivity contribution in [3.63, 3.8) is 0 Å². The van der Waals surface area contributed by atoms with Gasteiger partial charge in [0.1, 0.15) is 0 Å². The first-order chi connectivity index (χ1) is 8.20. The summed E-state index contributed by atoms with van der Waals surface area (Å²) in [4.78, 5) is 14.0. The van der Waals surface area contributed by atoms with Crippen LogP contribution in [0.15, 0.2) is 12.4 Å². The molecule has 1 aliphatic heterocycles. The number of hydrogen-bond acceptors (Lipinski definition) is 3. The van der Waals surface area contributed by atoms with Crippen LogP contribution in [0.3, 0.4) is 0 Å². The minimum absolute atomic E-state index is 0.0117. The second-order valence-electron chi connectivity index (χ2n) is 4.51. The molecule has 1 atom stereocenters. The van der Waals surface area contributed by atoms with Gasteiger partial charge < -0.3 is 10.2 Å². The van der Waals surface area contributed by atoms with Crippen molar-refractivity contribution in [3.8, 4) is 0 Å². The summed E-state index contributed by atoms with van der Waals surface area (Å²) in [6.07, 6.45) is 5.62. The minimum Gasteiger partial charge on any atom is -0.340 e. The van der Waals surface area contributed by atoms with Gasteiger partial charge in [-0.05, 0) is 18.4 Å². The van der Waals surface area contributed by atoms with Gasteiger partial charge in [-0.15, -0.1) is 0 Å².